The van der Waals surface area contributed by atoms with Crippen molar-refractivity contribution in [1.29, 1.82) is 0 Å². The summed E-state index contributed by atoms with van der Waals surface area (Å²) < 4.78 is 6.25. The maximum absolute atomic E-state index is 13.4. The molecular weight excluding hydrogens is 442 g/mol. The average molecular weight is 480 g/mol. The van der Waals surface area contributed by atoms with Gasteiger partial charge in [0.25, 0.3) is 0 Å². The van der Waals surface area contributed by atoms with Gasteiger partial charge in [0, 0.05) is 13.5 Å². The van der Waals surface area contributed by atoms with Gasteiger partial charge in [0.1, 0.15) is 11.2 Å². The molecule has 1 fully saturated rings. The van der Waals surface area contributed by atoms with E-state index in [1.807, 2.05) is 57.2 Å². The summed E-state index contributed by atoms with van der Waals surface area (Å²) in [5.74, 6) is 0.274. The van der Waals surface area contributed by atoms with Crippen LogP contribution in [0, 0.1) is 12.3 Å². The summed E-state index contributed by atoms with van der Waals surface area (Å²) >= 11 is 0. The minimum absolute atomic E-state index is 0.0948. The number of hydrogen-bond acceptors (Lipinski definition) is 4. The van der Waals surface area contributed by atoms with Gasteiger partial charge in [-0.2, -0.15) is 0 Å². The predicted molar refractivity (Wildman–Crippen MR) is 136 cm³/mol. The number of amides is 4. The van der Waals surface area contributed by atoms with Crippen LogP contribution >= 0.6 is 0 Å². The molecule has 1 aliphatic rings. The second-order valence-electron chi connectivity index (χ2n) is 9.26. The van der Waals surface area contributed by atoms with E-state index in [2.05, 4.69) is 17.6 Å². The summed E-state index contributed by atoms with van der Waals surface area (Å²) in [6.07, 6.45) is 2.13. The Labute approximate surface area is 208 Å². The zero-order valence-corrected chi connectivity index (χ0v) is 21.4. The number of likely N-dealkylation sites (tertiary alicyclic amines) is 1. The van der Waals surface area contributed by atoms with Gasteiger partial charge < -0.3 is 15.4 Å². The Morgan fingerprint density at radius 2 is 1.66 bits per heavy atom. The molecule has 0 aliphatic carbocycles. The summed E-state index contributed by atoms with van der Waals surface area (Å²) in [6, 6.07) is 14.8. The highest BCUT2D eigenvalue weighted by Gasteiger charge is 2.63. The number of benzene rings is 2. The van der Waals surface area contributed by atoms with Gasteiger partial charge in [-0.15, -0.1) is 0 Å². The van der Waals surface area contributed by atoms with Crippen molar-refractivity contribution in [3.8, 4) is 5.75 Å². The number of carbonyl (C=O) groups excluding carboxylic acids is 3. The number of hydrogen-bond donors (Lipinski definition) is 2. The molecule has 0 bridgehead atoms. The van der Waals surface area contributed by atoms with Gasteiger partial charge in [-0.05, 0) is 49.4 Å². The van der Waals surface area contributed by atoms with Crippen LogP contribution in [0.1, 0.15) is 76.1 Å². The molecule has 7 nitrogen and oxygen atoms in total. The summed E-state index contributed by atoms with van der Waals surface area (Å²) in [6.45, 7) is 9.91. The smallest absolute Gasteiger partial charge is 0.327 e. The maximum Gasteiger partial charge on any atom is 0.327 e. The lowest BCUT2D eigenvalue weighted by atomic mass is 9.72. The number of β-lactam (4-membered cyclic amide) rings is 1. The molecule has 4 amide bonds. The van der Waals surface area contributed by atoms with Crippen molar-refractivity contribution < 1.29 is 19.1 Å². The molecule has 2 atom stereocenters. The third kappa shape index (κ3) is 5.66. The van der Waals surface area contributed by atoms with E-state index >= 15 is 0 Å². The van der Waals surface area contributed by atoms with Gasteiger partial charge in [0.05, 0.1) is 6.04 Å². The molecule has 2 N–H and O–H groups in total. The van der Waals surface area contributed by atoms with Crippen LogP contribution in [0.5, 0.6) is 5.75 Å². The first-order valence-electron chi connectivity index (χ1n) is 12.5. The molecular formula is C28H37N3O4. The Hall–Kier alpha value is -3.35. The molecule has 0 unspecified atom stereocenters. The van der Waals surface area contributed by atoms with Crippen LogP contribution in [0.25, 0.3) is 0 Å². The number of urea groups is 1. The monoisotopic (exact) mass is 479 g/mol. The van der Waals surface area contributed by atoms with Crippen molar-refractivity contribution in [2.45, 2.75) is 79.1 Å². The van der Waals surface area contributed by atoms with Crippen LogP contribution in [0.3, 0.4) is 0 Å². The first kappa shape index (κ1) is 26.3. The minimum atomic E-state index is -0.740. The van der Waals surface area contributed by atoms with Crippen LogP contribution in [0.2, 0.25) is 0 Å². The zero-order chi connectivity index (χ0) is 25.6. The lowest BCUT2D eigenvalue weighted by Gasteiger charge is -2.53. The largest absolute Gasteiger partial charge is 0.469 e. The van der Waals surface area contributed by atoms with Crippen LogP contribution in [0.15, 0.2) is 48.5 Å². The average Bonchev–Trinajstić information content (AvgIpc) is 2.84. The molecule has 2 aromatic rings. The maximum atomic E-state index is 13.4. The number of ether oxygens (including phenoxy) is 1. The number of nitrogens with zero attached hydrogens (tertiary/aromatic N) is 1. The Bertz CT molecular complexity index is 1030. The van der Waals surface area contributed by atoms with E-state index < -0.39 is 17.7 Å². The molecule has 1 saturated heterocycles. The molecule has 2 aromatic carbocycles. The topological polar surface area (TPSA) is 87.7 Å². The molecule has 35 heavy (non-hydrogen) atoms. The number of imide groups is 1. The van der Waals surface area contributed by atoms with E-state index in [0.717, 1.165) is 29.5 Å². The normalized spacial score (nSPS) is 17.3. The molecule has 1 heterocycles. The molecule has 3 rings (SSSR count). The molecule has 0 spiro atoms. The Morgan fingerprint density at radius 1 is 1.03 bits per heavy atom. The van der Waals surface area contributed by atoms with Crippen LogP contribution in [-0.2, 0) is 16.1 Å². The van der Waals surface area contributed by atoms with Gasteiger partial charge >= 0.3 is 6.03 Å². The Kier molecular flexibility index (Phi) is 8.54. The lowest BCUT2D eigenvalue weighted by molar-refractivity contribution is -0.191. The predicted octanol–water partition coefficient (Wildman–Crippen LogP) is 5.24. The van der Waals surface area contributed by atoms with Crippen molar-refractivity contribution in [1.82, 2.24) is 15.5 Å². The third-order valence-corrected chi connectivity index (χ3v) is 6.90. The van der Waals surface area contributed by atoms with Gasteiger partial charge in [-0.1, -0.05) is 69.2 Å². The highest BCUT2D eigenvalue weighted by molar-refractivity contribution is 6.03. The van der Waals surface area contributed by atoms with Crippen molar-refractivity contribution in [3.63, 3.8) is 0 Å². The second-order valence-corrected chi connectivity index (χ2v) is 9.26. The van der Waals surface area contributed by atoms with Crippen molar-refractivity contribution in [3.05, 3.63) is 65.2 Å². The Balaban J connectivity index is 1.78. The molecule has 1 aliphatic heterocycles. The molecule has 0 saturated carbocycles. The molecule has 188 valence electrons. The minimum Gasteiger partial charge on any atom is -0.469 e. The van der Waals surface area contributed by atoms with E-state index in [0.29, 0.717) is 25.1 Å². The fourth-order valence-corrected chi connectivity index (χ4v) is 4.57. The van der Waals surface area contributed by atoms with Crippen LogP contribution < -0.4 is 15.4 Å². The summed E-state index contributed by atoms with van der Waals surface area (Å²) in [5, 5.41) is 5.83. The highest BCUT2D eigenvalue weighted by atomic mass is 16.5. The molecule has 0 aromatic heterocycles. The number of rotatable bonds is 10. The standard InChI is InChI=1S/C28H37N3O4/c1-6-9-24(22-14-10-19(4)11-15-22)30-27(34)31-25(33)28(7-2,8-3)26(31)35-23-16-12-21(13-17-23)18-29-20(5)32/h10-17,24,26H,6-9,18H2,1-5H3,(H,29,32)(H,30,34)/t24-,26+/m1/s1. The van der Waals surface area contributed by atoms with Crippen LogP contribution in [0.4, 0.5) is 4.79 Å². The van der Waals surface area contributed by atoms with Crippen molar-refractivity contribution in [2.24, 2.45) is 5.41 Å². The fourth-order valence-electron chi connectivity index (χ4n) is 4.57. The first-order chi connectivity index (χ1) is 16.7. The molecule has 7 heteroatoms. The summed E-state index contributed by atoms with van der Waals surface area (Å²) in [5.41, 5.74) is 2.37. The number of aryl methyl sites for hydroxylation is 1. The number of carbonyl (C=O) groups is 3. The SMILES string of the molecule is CCC[C@@H](NC(=O)N1C(=O)C(CC)(CC)[C@@H]1Oc1ccc(CNC(C)=O)cc1)c1ccc(C)cc1. The summed E-state index contributed by atoms with van der Waals surface area (Å²) in [4.78, 5) is 39.0. The van der Waals surface area contributed by atoms with E-state index in [9.17, 15) is 14.4 Å². The van der Waals surface area contributed by atoms with E-state index in [4.69, 9.17) is 4.74 Å². The fraction of sp³-hybridized carbons (Fsp3) is 0.464. The zero-order valence-electron chi connectivity index (χ0n) is 21.4. The summed E-state index contributed by atoms with van der Waals surface area (Å²) in [7, 11) is 0. The first-order valence-corrected chi connectivity index (χ1v) is 12.5. The second kappa shape index (κ2) is 11.4. The van der Waals surface area contributed by atoms with E-state index in [1.54, 1.807) is 12.1 Å². The van der Waals surface area contributed by atoms with Crippen molar-refractivity contribution >= 4 is 17.8 Å². The van der Waals surface area contributed by atoms with Gasteiger partial charge in [0.15, 0.2) is 6.23 Å². The van der Waals surface area contributed by atoms with Gasteiger partial charge in [-0.25, -0.2) is 9.69 Å². The quantitative estimate of drug-likeness (QED) is 0.457. The van der Waals surface area contributed by atoms with Crippen LogP contribution in [-0.4, -0.2) is 29.0 Å². The molecule has 0 radical (unpaired) electrons. The van der Waals surface area contributed by atoms with Crippen molar-refractivity contribution in [2.75, 3.05) is 0 Å². The third-order valence-electron chi connectivity index (χ3n) is 6.90. The van der Waals surface area contributed by atoms with Gasteiger partial charge in [0.2, 0.25) is 11.8 Å². The highest BCUT2D eigenvalue weighted by Crippen LogP contribution is 2.46. The lowest BCUT2D eigenvalue weighted by Crippen LogP contribution is -2.73. The van der Waals surface area contributed by atoms with E-state index in [-0.39, 0.29) is 17.9 Å². The van der Waals surface area contributed by atoms with E-state index in [1.165, 1.54) is 11.8 Å². The Morgan fingerprint density at radius 3 is 2.20 bits per heavy atom. The number of nitrogens with one attached hydrogen (secondary N) is 2. The van der Waals surface area contributed by atoms with Gasteiger partial charge in [-0.3, -0.25) is 9.59 Å².